The van der Waals surface area contributed by atoms with E-state index in [4.69, 9.17) is 10.5 Å². The Hall–Kier alpha value is -4.65. The summed E-state index contributed by atoms with van der Waals surface area (Å²) < 4.78 is 52.1. The number of alkyl halides is 3. The standard InChI is InChI=1S/C36H42F3N7O3/c1-21-14-24(16-25(15-21)34(3,4)5)23-6-7-26(28(17-23)46-11-8-22(2)44-46)31(36(37,38)39)49-30-18-29(42-33(40)43-30)45-12-9-35(10-13-45)19-27(32(47)48)41-20-35/h6-8,11,14-18,27,31,41H,9-10,12-13,19-20H2,1-5H3,(H,47,48)(H2,40,42,43)/t27-,31?/m0/s1. The fourth-order valence-electron chi connectivity index (χ4n) is 6.84. The van der Waals surface area contributed by atoms with Crippen LogP contribution in [0.1, 0.15) is 68.5 Å². The summed E-state index contributed by atoms with van der Waals surface area (Å²) in [6.07, 6.45) is -3.66. The van der Waals surface area contributed by atoms with Crippen LogP contribution in [0.25, 0.3) is 16.8 Å². The monoisotopic (exact) mass is 677 g/mol. The zero-order valence-electron chi connectivity index (χ0n) is 28.3. The first-order valence-electron chi connectivity index (χ1n) is 16.4. The molecule has 0 aliphatic carbocycles. The number of anilines is 2. The van der Waals surface area contributed by atoms with Crippen LogP contribution < -0.4 is 20.7 Å². The molecule has 2 atom stereocenters. The van der Waals surface area contributed by atoms with E-state index in [0.717, 1.165) is 22.3 Å². The van der Waals surface area contributed by atoms with Gasteiger partial charge in [0.2, 0.25) is 17.9 Å². The molecule has 0 amide bonds. The Morgan fingerprint density at radius 1 is 1.04 bits per heavy atom. The zero-order valence-corrected chi connectivity index (χ0v) is 28.3. The fraction of sp³-hybridized carbons (Fsp3) is 0.444. The number of piperidine rings is 1. The fourth-order valence-corrected chi connectivity index (χ4v) is 6.84. The molecule has 2 aliphatic rings. The van der Waals surface area contributed by atoms with Crippen LogP contribution in [0.5, 0.6) is 5.88 Å². The highest BCUT2D eigenvalue weighted by atomic mass is 19.4. The Kier molecular flexibility index (Phi) is 8.85. The summed E-state index contributed by atoms with van der Waals surface area (Å²) >= 11 is 0. The Morgan fingerprint density at radius 2 is 1.78 bits per heavy atom. The van der Waals surface area contributed by atoms with Crippen LogP contribution in [-0.4, -0.2) is 62.7 Å². The number of nitrogens with one attached hydrogen (secondary N) is 1. The molecule has 4 N–H and O–H groups in total. The van der Waals surface area contributed by atoms with Crippen molar-refractivity contribution in [3.63, 3.8) is 0 Å². The van der Waals surface area contributed by atoms with Gasteiger partial charge in [0, 0.05) is 37.5 Å². The number of aryl methyl sites for hydroxylation is 2. The minimum absolute atomic E-state index is 0.122. The van der Waals surface area contributed by atoms with E-state index >= 15 is 0 Å². The summed E-state index contributed by atoms with van der Waals surface area (Å²) in [4.78, 5) is 21.8. The third kappa shape index (κ3) is 7.36. The quantitative estimate of drug-likeness (QED) is 0.200. The second kappa shape index (κ2) is 12.7. The third-order valence-electron chi connectivity index (χ3n) is 9.61. The first kappa shape index (κ1) is 34.2. The predicted molar refractivity (Wildman–Crippen MR) is 181 cm³/mol. The molecule has 4 aromatic rings. The molecule has 0 radical (unpaired) electrons. The van der Waals surface area contributed by atoms with Crippen molar-refractivity contribution in [2.45, 2.75) is 77.6 Å². The first-order chi connectivity index (χ1) is 23.0. The van der Waals surface area contributed by atoms with Crippen LogP contribution in [0.3, 0.4) is 0 Å². The molecule has 260 valence electrons. The van der Waals surface area contributed by atoms with E-state index in [9.17, 15) is 23.1 Å². The van der Waals surface area contributed by atoms with Gasteiger partial charge in [-0.25, -0.2) is 4.68 Å². The lowest BCUT2D eigenvalue weighted by atomic mass is 9.76. The maximum absolute atomic E-state index is 15.0. The van der Waals surface area contributed by atoms with E-state index in [1.165, 1.54) is 16.8 Å². The number of nitrogens with two attached hydrogens (primary N) is 1. The molecule has 13 heteroatoms. The molecule has 6 rings (SSSR count). The lowest BCUT2D eigenvalue weighted by molar-refractivity contribution is -0.198. The van der Waals surface area contributed by atoms with Crippen molar-refractivity contribution in [2.24, 2.45) is 5.41 Å². The number of nitrogen functional groups attached to an aromatic ring is 1. The molecular weight excluding hydrogens is 635 g/mol. The van der Waals surface area contributed by atoms with Crippen LogP contribution >= 0.6 is 0 Å². The topological polar surface area (TPSA) is 131 Å². The van der Waals surface area contributed by atoms with Crippen LogP contribution in [0.4, 0.5) is 24.9 Å². The number of carbonyl (C=O) groups is 1. The molecule has 0 saturated carbocycles. The summed E-state index contributed by atoms with van der Waals surface area (Å²) in [5.41, 5.74) is 10.3. The normalized spacial score (nSPS) is 18.5. The summed E-state index contributed by atoms with van der Waals surface area (Å²) in [5.74, 6) is -1.03. The Bertz CT molecular complexity index is 1860. The Labute approximate surface area is 283 Å². The lowest BCUT2D eigenvalue weighted by Gasteiger charge is -2.39. The van der Waals surface area contributed by atoms with E-state index in [2.05, 4.69) is 53.3 Å². The number of aromatic nitrogens is 4. The summed E-state index contributed by atoms with van der Waals surface area (Å²) in [6.45, 7) is 11.8. The summed E-state index contributed by atoms with van der Waals surface area (Å²) in [7, 11) is 0. The van der Waals surface area contributed by atoms with Crippen molar-refractivity contribution in [3.8, 4) is 22.7 Å². The molecule has 1 unspecified atom stereocenters. The second-order valence-corrected chi connectivity index (χ2v) is 14.4. The number of carboxylic acids is 1. The highest BCUT2D eigenvalue weighted by Gasteiger charge is 2.46. The van der Waals surface area contributed by atoms with Gasteiger partial charge in [-0.2, -0.15) is 28.2 Å². The van der Waals surface area contributed by atoms with Crippen molar-refractivity contribution >= 4 is 17.7 Å². The van der Waals surface area contributed by atoms with Gasteiger partial charge in [-0.05, 0) is 72.8 Å². The number of ether oxygens (including phenoxy) is 1. The maximum Gasteiger partial charge on any atom is 0.429 e. The highest BCUT2D eigenvalue weighted by Crippen LogP contribution is 2.43. The number of aliphatic carboxylic acids is 1. The third-order valence-corrected chi connectivity index (χ3v) is 9.61. The van der Waals surface area contributed by atoms with Crippen LogP contribution in [0, 0.1) is 19.3 Å². The molecule has 49 heavy (non-hydrogen) atoms. The largest absolute Gasteiger partial charge is 0.480 e. The SMILES string of the molecule is Cc1cc(-c2ccc(C(Oc3cc(N4CCC5(CC4)CN[C@H](C(=O)O)C5)nc(N)n3)C(F)(F)F)c(-n3ccc(C)n3)c2)cc(C(C)(C)C)c1. The number of rotatable bonds is 7. The molecule has 1 spiro atoms. The van der Waals surface area contributed by atoms with Gasteiger partial charge in [-0.15, -0.1) is 0 Å². The molecule has 2 aromatic heterocycles. The molecule has 2 saturated heterocycles. The average Bonchev–Trinajstić information content (AvgIpc) is 3.65. The number of nitrogens with zero attached hydrogens (tertiary/aromatic N) is 5. The van der Waals surface area contributed by atoms with Crippen LogP contribution in [-0.2, 0) is 10.2 Å². The molecule has 2 aliphatic heterocycles. The van der Waals surface area contributed by atoms with Crippen LogP contribution in [0.15, 0.2) is 54.7 Å². The van der Waals surface area contributed by atoms with E-state index in [-0.39, 0.29) is 33.9 Å². The zero-order chi connectivity index (χ0) is 35.3. The maximum atomic E-state index is 15.0. The molecule has 0 bridgehead atoms. The van der Waals surface area contributed by atoms with Crippen LogP contribution in [0.2, 0.25) is 0 Å². The number of hydrogen-bond acceptors (Lipinski definition) is 8. The minimum Gasteiger partial charge on any atom is -0.480 e. The van der Waals surface area contributed by atoms with E-state index in [1.54, 1.807) is 31.3 Å². The van der Waals surface area contributed by atoms with E-state index in [1.807, 2.05) is 17.9 Å². The molecular formula is C36H42F3N7O3. The Balaban J connectivity index is 1.33. The Morgan fingerprint density at radius 3 is 2.39 bits per heavy atom. The molecule has 4 heterocycles. The second-order valence-electron chi connectivity index (χ2n) is 14.4. The van der Waals surface area contributed by atoms with Crippen molar-refractivity contribution < 1.29 is 27.8 Å². The molecule has 2 fully saturated rings. The predicted octanol–water partition coefficient (Wildman–Crippen LogP) is 6.54. The molecule has 2 aromatic carbocycles. The van der Waals surface area contributed by atoms with Gasteiger partial charge < -0.3 is 25.8 Å². The van der Waals surface area contributed by atoms with Crippen molar-refractivity contribution in [3.05, 3.63) is 77.1 Å². The number of benzene rings is 2. The number of halogens is 3. The van der Waals surface area contributed by atoms with Gasteiger partial charge >= 0.3 is 12.1 Å². The van der Waals surface area contributed by atoms with E-state index < -0.39 is 24.3 Å². The van der Waals surface area contributed by atoms with E-state index in [0.29, 0.717) is 50.4 Å². The highest BCUT2D eigenvalue weighted by molar-refractivity contribution is 5.74. The van der Waals surface area contributed by atoms with Crippen molar-refractivity contribution in [1.82, 2.24) is 25.1 Å². The number of hydrogen-bond donors (Lipinski definition) is 3. The van der Waals surface area contributed by atoms with Crippen molar-refractivity contribution in [1.29, 1.82) is 0 Å². The van der Waals surface area contributed by atoms with Gasteiger partial charge in [-0.3, -0.25) is 4.79 Å². The van der Waals surface area contributed by atoms with Gasteiger partial charge in [0.15, 0.2) is 0 Å². The smallest absolute Gasteiger partial charge is 0.429 e. The van der Waals surface area contributed by atoms with Gasteiger partial charge in [0.1, 0.15) is 11.9 Å². The summed E-state index contributed by atoms with van der Waals surface area (Å²) in [5, 5.41) is 17.0. The van der Waals surface area contributed by atoms with Gasteiger partial charge in [0.25, 0.3) is 0 Å². The van der Waals surface area contributed by atoms with Gasteiger partial charge in [-0.1, -0.05) is 56.7 Å². The summed E-state index contributed by atoms with van der Waals surface area (Å²) in [6, 6.07) is 13.6. The first-order valence-corrected chi connectivity index (χ1v) is 16.4. The number of carboxylic acid groups (broad SMARTS) is 1. The minimum atomic E-state index is -4.82. The van der Waals surface area contributed by atoms with Crippen molar-refractivity contribution in [2.75, 3.05) is 30.3 Å². The molecule has 10 nitrogen and oxygen atoms in total. The lowest BCUT2D eigenvalue weighted by Crippen LogP contribution is -2.41. The van der Waals surface area contributed by atoms with Gasteiger partial charge in [0.05, 0.1) is 11.4 Å². The average molecular weight is 678 g/mol.